The highest BCUT2D eigenvalue weighted by molar-refractivity contribution is 7.68. The lowest BCUT2D eigenvalue weighted by molar-refractivity contribution is -0.129. The molecular weight excluding hydrogens is 240 g/mol. The molecule has 0 atom stereocenters. The molecule has 0 spiro atoms. The van der Waals surface area contributed by atoms with Gasteiger partial charge in [-0.3, -0.25) is 0 Å². The molecule has 0 saturated heterocycles. The molecule has 0 heterocycles. The number of ether oxygens (including phenoxy) is 1. The molecule has 4 nitrogen and oxygen atoms in total. The molecule has 0 bridgehead atoms. The van der Waals surface area contributed by atoms with Gasteiger partial charge in [0.1, 0.15) is 10.6 Å². The largest absolute Gasteiger partial charge is 0.497 e. The minimum Gasteiger partial charge on any atom is -0.497 e. The van der Waals surface area contributed by atoms with Gasteiger partial charge in [0.2, 0.25) is 0 Å². The first-order chi connectivity index (χ1) is 8.17. The second kappa shape index (κ2) is 6.85. The van der Waals surface area contributed by atoms with Crippen molar-refractivity contribution in [2.75, 3.05) is 7.11 Å². The first-order valence-corrected chi connectivity index (χ1v) is 5.93. The first kappa shape index (κ1) is 13.4. The lowest BCUT2D eigenvalue weighted by atomic mass is 10.1. The van der Waals surface area contributed by atoms with Crippen molar-refractivity contribution < 1.29 is 18.8 Å². The van der Waals surface area contributed by atoms with E-state index in [1.807, 2.05) is 24.3 Å². The summed E-state index contributed by atoms with van der Waals surface area (Å²) in [5.74, 6) is -0.318. The Morgan fingerprint density at radius 3 is 2.47 bits per heavy atom. The van der Waals surface area contributed by atoms with Crippen LogP contribution in [0, 0.1) is 0 Å². The number of carboxylic acids is 1. The van der Waals surface area contributed by atoms with Gasteiger partial charge in [0, 0.05) is 0 Å². The summed E-state index contributed by atoms with van der Waals surface area (Å²) < 4.78 is 15.5. The van der Waals surface area contributed by atoms with Gasteiger partial charge in [0.05, 0.1) is 18.4 Å². The summed E-state index contributed by atoms with van der Waals surface area (Å²) in [6, 6.07) is 7.59. The van der Waals surface area contributed by atoms with E-state index < -0.39 is 5.97 Å². The molecule has 0 aliphatic rings. The minimum atomic E-state index is -1.11. The average molecular weight is 254 g/mol. The van der Waals surface area contributed by atoms with E-state index in [4.69, 9.17) is 9.84 Å². The van der Waals surface area contributed by atoms with Crippen LogP contribution >= 0.6 is 0 Å². The Balaban J connectivity index is 2.45. The third-order valence-electron chi connectivity index (χ3n) is 2.37. The lowest BCUT2D eigenvalue weighted by Crippen LogP contribution is -2.12. The maximum absolute atomic E-state index is 10.6. The number of rotatable bonds is 6. The molecule has 1 aromatic rings. The van der Waals surface area contributed by atoms with Crippen LogP contribution in [-0.4, -0.2) is 27.3 Å². The molecule has 5 heteroatoms. The van der Waals surface area contributed by atoms with Crippen LogP contribution in [0.5, 0.6) is 5.75 Å². The predicted molar refractivity (Wildman–Crippen MR) is 66.7 cm³/mol. The highest BCUT2D eigenvalue weighted by atomic mass is 32.1. The monoisotopic (exact) mass is 254 g/mol. The summed E-state index contributed by atoms with van der Waals surface area (Å²) in [5.41, 5.74) is 1.10. The number of benzene rings is 1. The van der Waals surface area contributed by atoms with E-state index >= 15 is 0 Å². The number of aryl methyl sites for hydroxylation is 1. The number of hydrogen-bond donors (Lipinski definition) is 1. The van der Waals surface area contributed by atoms with Crippen molar-refractivity contribution >= 4 is 22.1 Å². The second-order valence-electron chi connectivity index (χ2n) is 3.51. The summed E-state index contributed by atoms with van der Waals surface area (Å²) in [4.78, 5) is 10.6. The van der Waals surface area contributed by atoms with Crippen LogP contribution in [0.25, 0.3) is 0 Å². The first-order valence-electron chi connectivity index (χ1n) is 5.19. The third kappa shape index (κ3) is 4.40. The molecule has 0 saturated carbocycles. The average Bonchev–Trinajstić information content (AvgIpc) is 2.35. The lowest BCUT2D eigenvalue weighted by Gasteiger charge is -2.03. The van der Waals surface area contributed by atoms with Gasteiger partial charge in [-0.1, -0.05) is 12.1 Å². The quantitative estimate of drug-likeness (QED) is 0.781. The van der Waals surface area contributed by atoms with Crippen LogP contribution in [0.3, 0.4) is 0 Å². The van der Waals surface area contributed by atoms with Gasteiger partial charge in [-0.2, -0.15) is 0 Å². The summed E-state index contributed by atoms with van der Waals surface area (Å²) >= 11 is 0.0664. The van der Waals surface area contributed by atoms with E-state index in [0.29, 0.717) is 12.8 Å². The van der Waals surface area contributed by atoms with Gasteiger partial charge in [-0.25, -0.2) is 9.00 Å². The van der Waals surface area contributed by atoms with Crippen LogP contribution < -0.4 is 4.74 Å². The number of aliphatic carboxylic acids is 1. The standard InChI is InChI=1S/C12H14O4S/c1-16-10-7-5-9(6-8-10)3-2-4-11(17-15)12(13)14/h5-8H,2-4H2,1H3,(H,13,14). The molecule has 1 aromatic carbocycles. The summed E-state index contributed by atoms with van der Waals surface area (Å²) in [7, 11) is 1.61. The number of carboxylic acid groups (broad SMARTS) is 1. The van der Waals surface area contributed by atoms with Crippen LogP contribution in [-0.2, 0) is 22.5 Å². The van der Waals surface area contributed by atoms with Crippen molar-refractivity contribution in [2.45, 2.75) is 19.3 Å². The van der Waals surface area contributed by atoms with Gasteiger partial charge in [0.15, 0.2) is 0 Å². The highest BCUT2D eigenvalue weighted by Gasteiger charge is 2.07. The molecule has 1 N–H and O–H groups in total. The van der Waals surface area contributed by atoms with E-state index in [1.54, 1.807) is 7.11 Å². The molecule has 0 unspecified atom stereocenters. The molecule has 0 aliphatic heterocycles. The number of methoxy groups -OCH3 is 1. The molecular formula is C12H14O4S. The molecule has 0 aromatic heterocycles. The smallest absolute Gasteiger partial charge is 0.344 e. The Morgan fingerprint density at radius 2 is 2.00 bits per heavy atom. The fraction of sp³-hybridized carbons (Fsp3) is 0.333. The highest BCUT2D eigenvalue weighted by Crippen LogP contribution is 2.13. The topological polar surface area (TPSA) is 63.6 Å². The fourth-order valence-corrected chi connectivity index (χ4v) is 1.73. The zero-order valence-electron chi connectivity index (χ0n) is 9.51. The van der Waals surface area contributed by atoms with Crippen molar-refractivity contribution in [3.05, 3.63) is 29.8 Å². The van der Waals surface area contributed by atoms with Crippen LogP contribution in [0.4, 0.5) is 0 Å². The molecule has 17 heavy (non-hydrogen) atoms. The SMILES string of the molecule is COc1ccc(CCCC(=S=O)C(=O)O)cc1. The zero-order valence-corrected chi connectivity index (χ0v) is 10.3. The molecule has 0 fully saturated rings. The molecule has 92 valence electrons. The minimum absolute atomic E-state index is 0.0292. The van der Waals surface area contributed by atoms with Crippen LogP contribution in [0.2, 0.25) is 0 Å². The Bertz CT molecular complexity index is 432. The van der Waals surface area contributed by atoms with Crippen molar-refractivity contribution in [1.82, 2.24) is 0 Å². The Kier molecular flexibility index (Phi) is 5.42. The molecule has 0 aliphatic carbocycles. The van der Waals surface area contributed by atoms with Crippen molar-refractivity contribution in [3.63, 3.8) is 0 Å². The van der Waals surface area contributed by atoms with Gasteiger partial charge in [-0.15, -0.1) is 0 Å². The normalized spacial score (nSPS) is 9.71. The summed E-state index contributed by atoms with van der Waals surface area (Å²) in [6.45, 7) is 0. The number of hydrogen-bond acceptors (Lipinski definition) is 3. The maximum atomic E-state index is 10.6. The third-order valence-corrected chi connectivity index (χ3v) is 2.95. The van der Waals surface area contributed by atoms with E-state index in [2.05, 4.69) is 0 Å². The van der Waals surface area contributed by atoms with Crippen molar-refractivity contribution in [2.24, 2.45) is 0 Å². The molecule has 0 amide bonds. The van der Waals surface area contributed by atoms with E-state index in [1.165, 1.54) is 0 Å². The number of carbonyl (C=O) groups is 1. The predicted octanol–water partition coefficient (Wildman–Crippen LogP) is 1.49. The van der Waals surface area contributed by atoms with E-state index in [9.17, 15) is 9.00 Å². The van der Waals surface area contributed by atoms with E-state index in [0.717, 1.165) is 17.7 Å². The van der Waals surface area contributed by atoms with Crippen LogP contribution in [0.1, 0.15) is 18.4 Å². The van der Waals surface area contributed by atoms with Gasteiger partial charge in [0.25, 0.3) is 0 Å². The zero-order chi connectivity index (χ0) is 12.7. The second-order valence-corrected chi connectivity index (χ2v) is 4.17. The van der Waals surface area contributed by atoms with Crippen molar-refractivity contribution in [3.8, 4) is 5.75 Å². The Morgan fingerprint density at radius 1 is 1.35 bits per heavy atom. The molecule has 1 rings (SSSR count). The van der Waals surface area contributed by atoms with Gasteiger partial charge < -0.3 is 9.84 Å². The van der Waals surface area contributed by atoms with E-state index in [-0.39, 0.29) is 16.1 Å². The maximum Gasteiger partial charge on any atom is 0.344 e. The van der Waals surface area contributed by atoms with Crippen LogP contribution in [0.15, 0.2) is 24.3 Å². The molecule has 0 radical (unpaired) electrons. The summed E-state index contributed by atoms with van der Waals surface area (Å²) in [5, 5.41) is 8.66. The van der Waals surface area contributed by atoms with Gasteiger partial charge >= 0.3 is 5.97 Å². The summed E-state index contributed by atoms with van der Waals surface area (Å²) in [6.07, 6.45) is 1.72. The van der Waals surface area contributed by atoms with Crippen molar-refractivity contribution in [1.29, 1.82) is 0 Å². The Hall–Kier alpha value is -1.62. The Labute approximate surface area is 103 Å². The van der Waals surface area contributed by atoms with Gasteiger partial charge in [-0.05, 0) is 37.0 Å². The fourth-order valence-electron chi connectivity index (χ4n) is 1.43.